The van der Waals surface area contributed by atoms with Gasteiger partial charge in [-0.3, -0.25) is 4.79 Å². The van der Waals surface area contributed by atoms with Gasteiger partial charge in [0.1, 0.15) is 0 Å². The second-order valence-corrected chi connectivity index (χ2v) is 5.04. The van der Waals surface area contributed by atoms with Crippen LogP contribution in [0, 0.1) is 0 Å². The highest BCUT2D eigenvalue weighted by molar-refractivity contribution is 9.10. The van der Waals surface area contributed by atoms with Gasteiger partial charge in [0.05, 0.1) is 0 Å². The van der Waals surface area contributed by atoms with Crippen molar-refractivity contribution in [2.45, 2.75) is 46.0 Å². The van der Waals surface area contributed by atoms with Gasteiger partial charge in [0, 0.05) is 10.0 Å². The summed E-state index contributed by atoms with van der Waals surface area (Å²) in [6.07, 6.45) is 6.14. The average Bonchev–Trinajstić information content (AvgIpc) is 2.26. The molecule has 0 aliphatic rings. The third-order valence-electron chi connectivity index (χ3n) is 2.73. The summed E-state index contributed by atoms with van der Waals surface area (Å²) in [4.78, 5) is 11.4. The largest absolute Gasteiger partial charge is 0.294 e. The summed E-state index contributed by atoms with van der Waals surface area (Å²) < 4.78 is 0.900. The van der Waals surface area contributed by atoms with E-state index in [0.717, 1.165) is 16.5 Å². The van der Waals surface area contributed by atoms with Crippen molar-refractivity contribution in [3.8, 4) is 0 Å². The van der Waals surface area contributed by atoms with Crippen LogP contribution < -0.4 is 0 Å². The van der Waals surface area contributed by atoms with Crippen molar-refractivity contribution >= 4 is 21.7 Å². The monoisotopic (exact) mass is 282 g/mol. The van der Waals surface area contributed by atoms with Gasteiger partial charge in [-0.2, -0.15) is 0 Å². The van der Waals surface area contributed by atoms with Crippen molar-refractivity contribution in [1.29, 1.82) is 0 Å². The number of carbonyl (C=O) groups excluding carboxylic acids is 1. The molecule has 0 amide bonds. The summed E-state index contributed by atoms with van der Waals surface area (Å²) >= 11 is 3.40. The first kappa shape index (κ1) is 13.4. The topological polar surface area (TPSA) is 17.1 Å². The van der Waals surface area contributed by atoms with Gasteiger partial charge in [-0.25, -0.2) is 0 Å². The third-order valence-corrected chi connectivity index (χ3v) is 3.42. The molecule has 0 radical (unpaired) electrons. The fourth-order valence-corrected chi connectivity index (χ4v) is 2.28. The van der Waals surface area contributed by atoms with Gasteiger partial charge in [-0.1, -0.05) is 48.2 Å². The second-order valence-electron chi connectivity index (χ2n) is 4.18. The van der Waals surface area contributed by atoms with Crippen LogP contribution in [0.3, 0.4) is 0 Å². The molecule has 0 aromatic heterocycles. The van der Waals surface area contributed by atoms with Crippen molar-refractivity contribution in [2.24, 2.45) is 0 Å². The maximum Gasteiger partial charge on any atom is 0.160 e. The fraction of sp³-hybridized carbons (Fsp3) is 0.500. The molecule has 0 atom stereocenters. The minimum absolute atomic E-state index is 0.127. The van der Waals surface area contributed by atoms with Gasteiger partial charge >= 0.3 is 0 Å². The van der Waals surface area contributed by atoms with Crippen LogP contribution in [-0.2, 0) is 6.42 Å². The predicted octanol–water partition coefficient (Wildman–Crippen LogP) is 4.77. The van der Waals surface area contributed by atoms with E-state index in [-0.39, 0.29) is 5.78 Å². The van der Waals surface area contributed by atoms with E-state index in [1.807, 2.05) is 12.1 Å². The third kappa shape index (κ3) is 4.09. The van der Waals surface area contributed by atoms with E-state index in [0.29, 0.717) is 0 Å². The second kappa shape index (κ2) is 6.85. The minimum Gasteiger partial charge on any atom is -0.294 e. The van der Waals surface area contributed by atoms with E-state index >= 15 is 0 Å². The number of Topliss-reactive ketones (excluding diaryl/α,β-unsaturated/α-hetero) is 1. The van der Waals surface area contributed by atoms with Crippen molar-refractivity contribution in [3.05, 3.63) is 33.8 Å². The van der Waals surface area contributed by atoms with Crippen LogP contribution in [0.4, 0.5) is 0 Å². The smallest absolute Gasteiger partial charge is 0.160 e. The molecule has 0 aliphatic heterocycles. The molecule has 1 aromatic rings. The zero-order valence-electron chi connectivity index (χ0n) is 10.1. The maximum atomic E-state index is 11.4. The molecule has 0 heterocycles. The van der Waals surface area contributed by atoms with Gasteiger partial charge in [0.25, 0.3) is 0 Å². The Morgan fingerprint density at radius 2 is 2.00 bits per heavy atom. The number of hydrogen-bond donors (Lipinski definition) is 0. The molecule has 0 bridgehead atoms. The lowest BCUT2D eigenvalue weighted by molar-refractivity contribution is 0.101. The number of hydrogen-bond acceptors (Lipinski definition) is 1. The lowest BCUT2D eigenvalue weighted by Crippen LogP contribution is -1.96. The first-order valence-corrected chi connectivity index (χ1v) is 6.73. The SMILES string of the molecule is CCCCCCc1ccc(Br)c(C(C)=O)c1. The molecule has 0 spiro atoms. The maximum absolute atomic E-state index is 11.4. The van der Waals surface area contributed by atoms with Crippen LogP contribution >= 0.6 is 15.9 Å². The number of carbonyl (C=O) groups is 1. The molecular weight excluding hydrogens is 264 g/mol. The van der Waals surface area contributed by atoms with Crippen molar-refractivity contribution in [3.63, 3.8) is 0 Å². The lowest BCUT2D eigenvalue weighted by atomic mass is 10.0. The molecule has 0 N–H and O–H groups in total. The fourth-order valence-electron chi connectivity index (χ4n) is 1.75. The molecule has 88 valence electrons. The summed E-state index contributed by atoms with van der Waals surface area (Å²) in [6, 6.07) is 6.09. The van der Waals surface area contributed by atoms with E-state index in [2.05, 4.69) is 28.9 Å². The molecule has 0 aliphatic carbocycles. The van der Waals surface area contributed by atoms with Gasteiger partial charge < -0.3 is 0 Å². The lowest BCUT2D eigenvalue weighted by Gasteiger charge is -2.05. The molecule has 16 heavy (non-hydrogen) atoms. The Bertz CT molecular complexity index is 358. The van der Waals surface area contributed by atoms with Crippen LogP contribution in [0.5, 0.6) is 0 Å². The molecule has 0 saturated heterocycles. The molecule has 1 aromatic carbocycles. The Kier molecular flexibility index (Phi) is 5.75. The average molecular weight is 283 g/mol. The Morgan fingerprint density at radius 3 is 2.62 bits per heavy atom. The van der Waals surface area contributed by atoms with Gasteiger partial charge in [0.15, 0.2) is 5.78 Å². The Labute approximate surface area is 106 Å². The van der Waals surface area contributed by atoms with Gasteiger partial charge in [0.2, 0.25) is 0 Å². The Morgan fingerprint density at radius 1 is 1.25 bits per heavy atom. The summed E-state index contributed by atoms with van der Waals surface area (Å²) in [7, 11) is 0. The predicted molar refractivity (Wildman–Crippen MR) is 72.0 cm³/mol. The number of benzene rings is 1. The Hall–Kier alpha value is -0.630. The minimum atomic E-state index is 0.127. The normalized spacial score (nSPS) is 10.4. The van der Waals surface area contributed by atoms with Gasteiger partial charge in [-0.05, 0) is 37.5 Å². The highest BCUT2D eigenvalue weighted by Gasteiger charge is 2.05. The first-order chi connectivity index (χ1) is 7.65. The number of rotatable bonds is 6. The zero-order valence-corrected chi connectivity index (χ0v) is 11.6. The number of halogens is 1. The molecular formula is C14H19BrO. The van der Waals surface area contributed by atoms with Crippen molar-refractivity contribution in [2.75, 3.05) is 0 Å². The van der Waals surface area contributed by atoms with Gasteiger partial charge in [-0.15, -0.1) is 0 Å². The Balaban J connectivity index is 2.61. The van der Waals surface area contributed by atoms with Crippen LogP contribution in [0.2, 0.25) is 0 Å². The molecule has 0 saturated carbocycles. The standard InChI is InChI=1S/C14H19BrO/c1-3-4-5-6-7-12-8-9-14(15)13(10-12)11(2)16/h8-10H,3-7H2,1-2H3. The van der Waals surface area contributed by atoms with Crippen molar-refractivity contribution in [1.82, 2.24) is 0 Å². The van der Waals surface area contributed by atoms with E-state index in [1.165, 1.54) is 31.2 Å². The van der Waals surface area contributed by atoms with E-state index in [9.17, 15) is 4.79 Å². The van der Waals surface area contributed by atoms with Crippen molar-refractivity contribution < 1.29 is 4.79 Å². The summed E-state index contributed by atoms with van der Waals surface area (Å²) in [5, 5.41) is 0. The molecule has 0 unspecified atom stereocenters. The highest BCUT2D eigenvalue weighted by Crippen LogP contribution is 2.20. The first-order valence-electron chi connectivity index (χ1n) is 5.94. The molecule has 2 heteroatoms. The summed E-state index contributed by atoms with van der Waals surface area (Å²) in [5.74, 6) is 0.127. The van der Waals surface area contributed by atoms with E-state index < -0.39 is 0 Å². The highest BCUT2D eigenvalue weighted by atomic mass is 79.9. The summed E-state index contributed by atoms with van der Waals surface area (Å²) in [5.41, 5.74) is 2.07. The van der Waals surface area contributed by atoms with Crippen LogP contribution in [-0.4, -0.2) is 5.78 Å². The van der Waals surface area contributed by atoms with Crippen LogP contribution in [0.25, 0.3) is 0 Å². The zero-order chi connectivity index (χ0) is 12.0. The van der Waals surface area contributed by atoms with Crippen LogP contribution in [0.15, 0.2) is 22.7 Å². The molecule has 1 rings (SSSR count). The summed E-state index contributed by atoms with van der Waals surface area (Å²) in [6.45, 7) is 3.83. The molecule has 0 fully saturated rings. The molecule has 1 nitrogen and oxygen atoms in total. The number of ketones is 1. The van der Waals surface area contributed by atoms with E-state index in [1.54, 1.807) is 6.92 Å². The quantitative estimate of drug-likeness (QED) is 0.542. The van der Waals surface area contributed by atoms with E-state index in [4.69, 9.17) is 0 Å². The number of unbranched alkanes of at least 4 members (excludes halogenated alkanes) is 3. The number of aryl methyl sites for hydroxylation is 1. The van der Waals surface area contributed by atoms with Crippen LogP contribution in [0.1, 0.15) is 55.5 Å².